The van der Waals surface area contributed by atoms with Gasteiger partial charge in [-0.05, 0) is 38.8 Å². The third kappa shape index (κ3) is 6.62. The van der Waals surface area contributed by atoms with Gasteiger partial charge in [0.1, 0.15) is 5.75 Å². The molecule has 3 N–H and O–H groups in total. The number of hydrogen-bond acceptors (Lipinski definition) is 4. The number of amides is 1. The number of nitrogens with zero attached hydrogens (tertiary/aromatic N) is 2. The number of para-hydroxylation sites is 2. The first kappa shape index (κ1) is 21.9. The number of benzene rings is 1. The number of nitrogens with one attached hydrogen (secondary N) is 3. The molecular formula is C21H35N5O2. The van der Waals surface area contributed by atoms with E-state index in [9.17, 15) is 4.79 Å². The molecule has 1 aromatic rings. The molecule has 7 nitrogen and oxygen atoms in total. The van der Waals surface area contributed by atoms with Crippen LogP contribution in [0.1, 0.15) is 40.0 Å². The zero-order valence-electron chi connectivity index (χ0n) is 17.6. The maximum absolute atomic E-state index is 11.9. The Hall–Kier alpha value is -2.44. The van der Waals surface area contributed by atoms with Crippen LogP contribution < -0.4 is 25.6 Å². The Labute approximate surface area is 168 Å². The standard InChI is InChI=1S/C21H35N5O2/c1-5-16(3)24-20(27)11-13-23-21(22-6-2)25-17-12-14-26(15-17)18-9-7-8-10-19(18)28-4/h7-10,16-17H,5-6,11-15H2,1-4H3,(H,24,27)(H2,22,23,25). The number of hydrogen-bond donors (Lipinski definition) is 3. The molecule has 28 heavy (non-hydrogen) atoms. The number of methoxy groups -OCH3 is 1. The van der Waals surface area contributed by atoms with E-state index in [-0.39, 0.29) is 11.9 Å². The van der Waals surface area contributed by atoms with Crippen LogP contribution in [0.15, 0.2) is 29.3 Å². The van der Waals surface area contributed by atoms with Gasteiger partial charge in [-0.3, -0.25) is 9.79 Å². The minimum atomic E-state index is 0.0529. The van der Waals surface area contributed by atoms with E-state index in [4.69, 9.17) is 4.74 Å². The van der Waals surface area contributed by atoms with Gasteiger partial charge in [0.15, 0.2) is 5.96 Å². The molecule has 1 amide bonds. The van der Waals surface area contributed by atoms with Crippen LogP contribution in [0.3, 0.4) is 0 Å². The molecule has 2 rings (SSSR count). The van der Waals surface area contributed by atoms with Crippen molar-refractivity contribution >= 4 is 17.6 Å². The monoisotopic (exact) mass is 389 g/mol. The van der Waals surface area contributed by atoms with E-state index in [1.807, 2.05) is 32.0 Å². The van der Waals surface area contributed by atoms with Crippen LogP contribution in [-0.2, 0) is 4.79 Å². The van der Waals surface area contributed by atoms with Crippen molar-refractivity contribution in [2.24, 2.45) is 4.99 Å². The summed E-state index contributed by atoms with van der Waals surface area (Å²) in [6.45, 7) is 9.23. The predicted octanol–water partition coefficient (Wildman–Crippen LogP) is 2.13. The highest BCUT2D eigenvalue weighted by Gasteiger charge is 2.25. The highest BCUT2D eigenvalue weighted by molar-refractivity contribution is 5.81. The minimum absolute atomic E-state index is 0.0529. The Morgan fingerprint density at radius 3 is 2.86 bits per heavy atom. The van der Waals surface area contributed by atoms with Gasteiger partial charge in [0, 0.05) is 38.1 Å². The molecule has 0 spiro atoms. The van der Waals surface area contributed by atoms with Crippen LogP contribution >= 0.6 is 0 Å². The number of carbonyl (C=O) groups excluding carboxylic acids is 1. The van der Waals surface area contributed by atoms with E-state index in [1.54, 1.807) is 7.11 Å². The molecule has 1 saturated heterocycles. The Kier molecular flexibility index (Phi) is 8.91. The average molecular weight is 390 g/mol. The quantitative estimate of drug-likeness (QED) is 0.445. The smallest absolute Gasteiger partial charge is 0.222 e. The van der Waals surface area contributed by atoms with Crippen molar-refractivity contribution in [2.45, 2.75) is 52.1 Å². The maximum Gasteiger partial charge on any atom is 0.222 e. The zero-order chi connectivity index (χ0) is 20.4. The first-order valence-corrected chi connectivity index (χ1v) is 10.3. The second-order valence-corrected chi connectivity index (χ2v) is 7.14. The molecule has 1 aliphatic rings. The van der Waals surface area contributed by atoms with E-state index >= 15 is 0 Å². The summed E-state index contributed by atoms with van der Waals surface area (Å²) in [4.78, 5) is 18.8. The fourth-order valence-electron chi connectivity index (χ4n) is 3.22. The molecule has 2 unspecified atom stereocenters. The number of guanidine groups is 1. The molecule has 1 fully saturated rings. The van der Waals surface area contributed by atoms with Gasteiger partial charge in [0.05, 0.1) is 19.3 Å². The molecule has 0 aliphatic carbocycles. The lowest BCUT2D eigenvalue weighted by Crippen LogP contribution is -2.44. The SMILES string of the molecule is CCNC(=NCCC(=O)NC(C)CC)NC1CCN(c2ccccc2OC)C1. The van der Waals surface area contributed by atoms with Crippen molar-refractivity contribution in [3.05, 3.63) is 24.3 Å². The summed E-state index contributed by atoms with van der Waals surface area (Å²) >= 11 is 0. The molecule has 0 saturated carbocycles. The first-order valence-electron chi connectivity index (χ1n) is 10.3. The summed E-state index contributed by atoms with van der Waals surface area (Å²) in [5.41, 5.74) is 1.12. The summed E-state index contributed by atoms with van der Waals surface area (Å²) in [5.74, 6) is 1.72. The van der Waals surface area contributed by atoms with Gasteiger partial charge in [-0.2, -0.15) is 0 Å². The Morgan fingerprint density at radius 1 is 1.36 bits per heavy atom. The molecule has 7 heteroatoms. The summed E-state index contributed by atoms with van der Waals surface area (Å²) in [6, 6.07) is 8.62. The van der Waals surface area contributed by atoms with E-state index in [0.717, 1.165) is 49.9 Å². The highest BCUT2D eigenvalue weighted by atomic mass is 16.5. The lowest BCUT2D eigenvalue weighted by Gasteiger charge is -2.22. The number of aliphatic imine (C=N–C) groups is 1. The van der Waals surface area contributed by atoms with Crippen LogP contribution in [0.2, 0.25) is 0 Å². The van der Waals surface area contributed by atoms with E-state index < -0.39 is 0 Å². The zero-order valence-corrected chi connectivity index (χ0v) is 17.6. The Bertz CT molecular complexity index is 649. The molecule has 1 heterocycles. The van der Waals surface area contributed by atoms with Crippen molar-refractivity contribution in [3.8, 4) is 5.75 Å². The van der Waals surface area contributed by atoms with Crippen molar-refractivity contribution in [1.82, 2.24) is 16.0 Å². The van der Waals surface area contributed by atoms with Gasteiger partial charge in [-0.1, -0.05) is 19.1 Å². The molecule has 2 atom stereocenters. The van der Waals surface area contributed by atoms with Crippen LogP contribution in [0.25, 0.3) is 0 Å². The molecule has 0 radical (unpaired) electrons. The van der Waals surface area contributed by atoms with Crippen LogP contribution in [-0.4, -0.2) is 57.2 Å². The fourth-order valence-corrected chi connectivity index (χ4v) is 3.22. The van der Waals surface area contributed by atoms with Crippen molar-refractivity contribution < 1.29 is 9.53 Å². The highest BCUT2D eigenvalue weighted by Crippen LogP contribution is 2.30. The van der Waals surface area contributed by atoms with Crippen LogP contribution in [0.4, 0.5) is 5.69 Å². The predicted molar refractivity (Wildman–Crippen MR) is 115 cm³/mol. The van der Waals surface area contributed by atoms with Gasteiger partial charge in [-0.15, -0.1) is 0 Å². The second-order valence-electron chi connectivity index (χ2n) is 7.14. The van der Waals surface area contributed by atoms with Crippen LogP contribution in [0, 0.1) is 0 Å². The van der Waals surface area contributed by atoms with E-state index in [2.05, 4.69) is 38.8 Å². The second kappa shape index (κ2) is 11.4. The van der Waals surface area contributed by atoms with Crippen molar-refractivity contribution in [1.29, 1.82) is 0 Å². The van der Waals surface area contributed by atoms with Crippen molar-refractivity contribution in [3.63, 3.8) is 0 Å². The fraction of sp³-hybridized carbons (Fsp3) is 0.619. The normalized spacial score (nSPS) is 17.9. The van der Waals surface area contributed by atoms with Gasteiger partial charge in [0.25, 0.3) is 0 Å². The lowest BCUT2D eigenvalue weighted by molar-refractivity contribution is -0.121. The van der Waals surface area contributed by atoms with Crippen LogP contribution in [0.5, 0.6) is 5.75 Å². The number of carbonyl (C=O) groups is 1. The molecular weight excluding hydrogens is 354 g/mol. The first-order chi connectivity index (χ1) is 13.6. The van der Waals surface area contributed by atoms with Gasteiger partial charge in [-0.25, -0.2) is 0 Å². The Morgan fingerprint density at radius 2 is 2.14 bits per heavy atom. The van der Waals surface area contributed by atoms with Gasteiger partial charge < -0.3 is 25.6 Å². The lowest BCUT2D eigenvalue weighted by atomic mass is 10.2. The van der Waals surface area contributed by atoms with Crippen molar-refractivity contribution in [2.75, 3.05) is 38.2 Å². The summed E-state index contributed by atoms with van der Waals surface area (Å²) in [6.07, 6.45) is 2.36. The largest absolute Gasteiger partial charge is 0.495 e. The number of rotatable bonds is 9. The number of ether oxygens (including phenoxy) is 1. The van der Waals surface area contributed by atoms with E-state index in [0.29, 0.717) is 19.0 Å². The molecule has 1 aromatic carbocycles. The average Bonchev–Trinajstić information content (AvgIpc) is 3.16. The molecule has 0 bridgehead atoms. The maximum atomic E-state index is 11.9. The Balaban J connectivity index is 1.87. The van der Waals surface area contributed by atoms with E-state index in [1.165, 1.54) is 0 Å². The third-order valence-corrected chi connectivity index (χ3v) is 4.93. The summed E-state index contributed by atoms with van der Waals surface area (Å²) in [7, 11) is 1.71. The topological polar surface area (TPSA) is 78.0 Å². The minimum Gasteiger partial charge on any atom is -0.495 e. The van der Waals surface area contributed by atoms with Gasteiger partial charge >= 0.3 is 0 Å². The molecule has 1 aliphatic heterocycles. The summed E-state index contributed by atoms with van der Waals surface area (Å²) in [5, 5.41) is 9.76. The summed E-state index contributed by atoms with van der Waals surface area (Å²) < 4.78 is 5.49. The molecule has 0 aromatic heterocycles. The number of anilines is 1. The molecule has 156 valence electrons. The van der Waals surface area contributed by atoms with Gasteiger partial charge in [0.2, 0.25) is 5.91 Å². The third-order valence-electron chi connectivity index (χ3n) is 4.93.